The Bertz CT molecular complexity index is 300. The van der Waals surface area contributed by atoms with Crippen molar-refractivity contribution in [2.75, 3.05) is 13.6 Å². The first-order chi connectivity index (χ1) is 6.79. The molecule has 1 aliphatic heterocycles. The fourth-order valence-electron chi connectivity index (χ4n) is 1.95. The molecule has 1 N–H and O–H groups in total. The van der Waals surface area contributed by atoms with E-state index in [1.165, 1.54) is 19.4 Å². The molecule has 0 aliphatic carbocycles. The number of thiazole rings is 1. The lowest BCUT2D eigenvalue weighted by atomic mass is 10.1. The van der Waals surface area contributed by atoms with E-state index in [-0.39, 0.29) is 6.61 Å². The first kappa shape index (κ1) is 10.1. The van der Waals surface area contributed by atoms with Crippen LogP contribution in [0.2, 0.25) is 0 Å². The molecule has 1 aromatic rings. The lowest BCUT2D eigenvalue weighted by molar-refractivity contribution is 0.276. The summed E-state index contributed by atoms with van der Waals surface area (Å²) in [6.45, 7) is 1.28. The molecule has 4 heteroatoms. The molecule has 1 aliphatic rings. The third kappa shape index (κ3) is 2.13. The number of aliphatic hydroxyl groups is 1. The first-order valence-electron chi connectivity index (χ1n) is 5.04. The second-order valence-electron chi connectivity index (χ2n) is 3.87. The molecule has 0 saturated carbocycles. The van der Waals surface area contributed by atoms with Crippen LogP contribution in [0.3, 0.4) is 0 Å². The third-order valence-electron chi connectivity index (χ3n) is 2.84. The minimum atomic E-state index is 0.0665. The number of aromatic nitrogens is 1. The van der Waals surface area contributed by atoms with Gasteiger partial charge in [-0.25, -0.2) is 4.98 Å². The molecule has 1 aromatic heterocycles. The second-order valence-corrected chi connectivity index (χ2v) is 4.81. The van der Waals surface area contributed by atoms with Crippen molar-refractivity contribution in [1.82, 2.24) is 9.88 Å². The molecule has 2 heterocycles. The van der Waals surface area contributed by atoms with E-state index in [0.717, 1.165) is 17.1 Å². The molecule has 3 nitrogen and oxygen atoms in total. The van der Waals surface area contributed by atoms with Crippen LogP contribution in [0.25, 0.3) is 0 Å². The summed E-state index contributed by atoms with van der Waals surface area (Å²) < 4.78 is 0. The van der Waals surface area contributed by atoms with Crippen molar-refractivity contribution in [3.8, 4) is 0 Å². The molecule has 1 saturated heterocycles. The largest absolute Gasteiger partial charge is 0.390 e. The van der Waals surface area contributed by atoms with E-state index < -0.39 is 0 Å². The van der Waals surface area contributed by atoms with Gasteiger partial charge in [0.1, 0.15) is 0 Å². The lowest BCUT2D eigenvalue weighted by Gasteiger charge is -2.17. The summed E-state index contributed by atoms with van der Waals surface area (Å²) in [5, 5.41) is 12.0. The number of likely N-dealkylation sites (tertiary alicyclic amines) is 1. The van der Waals surface area contributed by atoms with Crippen LogP contribution in [-0.4, -0.2) is 34.6 Å². The maximum Gasteiger partial charge on any atom is 0.0944 e. The van der Waals surface area contributed by atoms with E-state index in [4.69, 9.17) is 5.11 Å². The Hall–Kier alpha value is -0.450. The minimum Gasteiger partial charge on any atom is -0.390 e. The van der Waals surface area contributed by atoms with E-state index in [1.807, 2.05) is 5.38 Å². The van der Waals surface area contributed by atoms with Gasteiger partial charge in [-0.1, -0.05) is 0 Å². The van der Waals surface area contributed by atoms with E-state index in [1.54, 1.807) is 11.3 Å². The van der Waals surface area contributed by atoms with Crippen molar-refractivity contribution in [1.29, 1.82) is 0 Å². The van der Waals surface area contributed by atoms with Gasteiger partial charge in [0.2, 0.25) is 0 Å². The van der Waals surface area contributed by atoms with Crippen molar-refractivity contribution < 1.29 is 5.11 Å². The molecular weight excluding hydrogens is 196 g/mol. The highest BCUT2D eigenvalue weighted by atomic mass is 32.1. The molecule has 78 valence electrons. The summed E-state index contributed by atoms with van der Waals surface area (Å²) in [4.78, 5) is 6.77. The number of likely N-dealkylation sites (N-methyl/N-ethyl adjacent to an activating group) is 1. The van der Waals surface area contributed by atoms with Gasteiger partial charge in [-0.05, 0) is 26.4 Å². The van der Waals surface area contributed by atoms with Gasteiger partial charge in [0.15, 0.2) is 0 Å². The molecule has 1 unspecified atom stereocenters. The Kier molecular flexibility index (Phi) is 3.15. The number of nitrogens with zero attached hydrogens (tertiary/aromatic N) is 2. The first-order valence-corrected chi connectivity index (χ1v) is 5.92. The highest BCUT2D eigenvalue weighted by molar-refractivity contribution is 7.09. The normalized spacial score (nSPS) is 23.1. The molecule has 2 rings (SSSR count). The number of hydrogen-bond acceptors (Lipinski definition) is 4. The van der Waals surface area contributed by atoms with Crippen LogP contribution < -0.4 is 0 Å². The Labute approximate surface area is 88.4 Å². The maximum absolute atomic E-state index is 8.90. The van der Waals surface area contributed by atoms with Crippen molar-refractivity contribution in [2.24, 2.45) is 0 Å². The van der Waals surface area contributed by atoms with Gasteiger partial charge in [0.25, 0.3) is 0 Å². The molecule has 0 spiro atoms. The molecule has 1 fully saturated rings. The molecule has 0 aromatic carbocycles. The van der Waals surface area contributed by atoms with Crippen LogP contribution in [0.4, 0.5) is 0 Å². The molecular formula is C10H16N2OS. The average Bonchev–Trinajstić information content (AvgIpc) is 2.77. The standard InChI is InChI=1S/C10H16N2OS/c1-12-4-2-3-9(12)5-10-11-8(6-13)7-14-10/h7,9,13H,2-6H2,1H3. The van der Waals surface area contributed by atoms with Crippen LogP contribution in [0.5, 0.6) is 0 Å². The molecule has 0 bridgehead atoms. The zero-order valence-electron chi connectivity index (χ0n) is 8.44. The average molecular weight is 212 g/mol. The second kappa shape index (κ2) is 4.38. The molecule has 0 amide bonds. The van der Waals surface area contributed by atoms with Crippen LogP contribution in [-0.2, 0) is 13.0 Å². The van der Waals surface area contributed by atoms with E-state index in [0.29, 0.717) is 6.04 Å². The SMILES string of the molecule is CN1CCCC1Cc1nc(CO)cs1. The summed E-state index contributed by atoms with van der Waals surface area (Å²) in [5.74, 6) is 0. The van der Waals surface area contributed by atoms with E-state index in [9.17, 15) is 0 Å². The van der Waals surface area contributed by atoms with Crippen molar-refractivity contribution in [3.63, 3.8) is 0 Å². The zero-order valence-corrected chi connectivity index (χ0v) is 9.26. The summed E-state index contributed by atoms with van der Waals surface area (Å²) in [5.41, 5.74) is 0.811. The van der Waals surface area contributed by atoms with Crippen LogP contribution in [0.15, 0.2) is 5.38 Å². The highest BCUT2D eigenvalue weighted by Gasteiger charge is 2.21. The lowest BCUT2D eigenvalue weighted by Crippen LogP contribution is -2.26. The van der Waals surface area contributed by atoms with Gasteiger partial charge in [-0.2, -0.15) is 0 Å². The van der Waals surface area contributed by atoms with Gasteiger partial charge in [0, 0.05) is 17.8 Å². The van der Waals surface area contributed by atoms with Crippen molar-refractivity contribution >= 4 is 11.3 Å². The van der Waals surface area contributed by atoms with Gasteiger partial charge in [0.05, 0.1) is 17.3 Å². The smallest absolute Gasteiger partial charge is 0.0944 e. The van der Waals surface area contributed by atoms with Crippen LogP contribution in [0.1, 0.15) is 23.5 Å². The van der Waals surface area contributed by atoms with Gasteiger partial charge in [-0.3, -0.25) is 0 Å². The zero-order chi connectivity index (χ0) is 9.97. The molecule has 0 radical (unpaired) electrons. The minimum absolute atomic E-state index is 0.0665. The maximum atomic E-state index is 8.90. The Balaban J connectivity index is 1.96. The Morgan fingerprint density at radius 3 is 3.14 bits per heavy atom. The third-order valence-corrected chi connectivity index (χ3v) is 3.76. The topological polar surface area (TPSA) is 36.4 Å². The number of aliphatic hydroxyl groups excluding tert-OH is 1. The van der Waals surface area contributed by atoms with E-state index >= 15 is 0 Å². The molecule has 14 heavy (non-hydrogen) atoms. The Morgan fingerprint density at radius 1 is 1.71 bits per heavy atom. The van der Waals surface area contributed by atoms with E-state index in [2.05, 4.69) is 16.9 Å². The van der Waals surface area contributed by atoms with Crippen molar-refractivity contribution in [3.05, 3.63) is 16.1 Å². The quantitative estimate of drug-likeness (QED) is 0.819. The monoisotopic (exact) mass is 212 g/mol. The summed E-state index contributed by atoms with van der Waals surface area (Å²) in [6, 6.07) is 0.660. The fourth-order valence-corrected chi connectivity index (χ4v) is 2.81. The molecule has 1 atom stereocenters. The fraction of sp³-hybridized carbons (Fsp3) is 0.700. The van der Waals surface area contributed by atoms with Gasteiger partial charge < -0.3 is 10.0 Å². The number of rotatable bonds is 3. The van der Waals surface area contributed by atoms with Gasteiger partial charge in [-0.15, -0.1) is 11.3 Å². The predicted molar refractivity (Wildman–Crippen MR) is 57.4 cm³/mol. The number of hydrogen-bond donors (Lipinski definition) is 1. The van der Waals surface area contributed by atoms with Crippen LogP contribution in [0, 0.1) is 0 Å². The summed E-state index contributed by atoms with van der Waals surface area (Å²) >= 11 is 1.67. The van der Waals surface area contributed by atoms with Crippen molar-refractivity contribution in [2.45, 2.75) is 31.9 Å². The summed E-state index contributed by atoms with van der Waals surface area (Å²) in [6.07, 6.45) is 3.63. The Morgan fingerprint density at radius 2 is 2.57 bits per heavy atom. The van der Waals surface area contributed by atoms with Crippen LogP contribution >= 0.6 is 11.3 Å². The summed E-state index contributed by atoms with van der Waals surface area (Å²) in [7, 11) is 2.18. The predicted octanol–water partition coefficient (Wildman–Crippen LogP) is 1.27. The van der Waals surface area contributed by atoms with Gasteiger partial charge >= 0.3 is 0 Å². The highest BCUT2D eigenvalue weighted by Crippen LogP contribution is 2.21.